The predicted octanol–water partition coefficient (Wildman–Crippen LogP) is 3.28. The number of benzene rings is 2. The Balaban J connectivity index is 2.07. The van der Waals surface area contributed by atoms with Gasteiger partial charge in [-0.1, -0.05) is 35.3 Å². The van der Waals surface area contributed by atoms with Gasteiger partial charge in [-0.15, -0.1) is 0 Å². The molecule has 2 rings (SSSR count). The SMILES string of the molecule is COc1ccc(CN(C)C(=O)CN(C)S(=O)(=O)c2cc(Cl)ccc2Cl)cc1. The number of hydrogen-bond donors (Lipinski definition) is 0. The maximum absolute atomic E-state index is 12.7. The maximum Gasteiger partial charge on any atom is 0.244 e. The van der Waals surface area contributed by atoms with Crippen molar-refractivity contribution in [2.24, 2.45) is 0 Å². The van der Waals surface area contributed by atoms with Gasteiger partial charge in [-0.25, -0.2) is 8.42 Å². The number of rotatable bonds is 7. The molecule has 0 aliphatic carbocycles. The van der Waals surface area contributed by atoms with Crippen LogP contribution in [0.4, 0.5) is 0 Å². The molecule has 0 aromatic heterocycles. The molecule has 0 saturated heterocycles. The van der Waals surface area contributed by atoms with E-state index in [1.807, 2.05) is 12.1 Å². The molecule has 0 aliphatic heterocycles. The topological polar surface area (TPSA) is 66.9 Å². The summed E-state index contributed by atoms with van der Waals surface area (Å²) in [6, 6.07) is 11.4. The summed E-state index contributed by atoms with van der Waals surface area (Å²) in [5.41, 5.74) is 0.898. The van der Waals surface area contributed by atoms with Crippen molar-refractivity contribution in [3.63, 3.8) is 0 Å². The molecule has 0 spiro atoms. The van der Waals surface area contributed by atoms with Crippen molar-refractivity contribution in [3.8, 4) is 5.75 Å². The molecular formula is C18H20Cl2N2O4S. The fraction of sp³-hybridized carbons (Fsp3) is 0.278. The molecule has 0 atom stereocenters. The molecule has 0 heterocycles. The quantitative estimate of drug-likeness (QED) is 0.675. The number of sulfonamides is 1. The number of carbonyl (C=O) groups excluding carboxylic acids is 1. The molecular weight excluding hydrogens is 411 g/mol. The Bertz CT molecular complexity index is 917. The van der Waals surface area contributed by atoms with Crippen LogP contribution in [0.1, 0.15) is 5.56 Å². The van der Waals surface area contributed by atoms with Gasteiger partial charge in [-0.3, -0.25) is 4.79 Å². The Hall–Kier alpha value is -1.80. The lowest BCUT2D eigenvalue weighted by Crippen LogP contribution is -2.39. The zero-order valence-electron chi connectivity index (χ0n) is 15.1. The van der Waals surface area contributed by atoms with Crippen molar-refractivity contribution in [2.75, 3.05) is 27.7 Å². The number of ether oxygens (including phenoxy) is 1. The lowest BCUT2D eigenvalue weighted by Gasteiger charge is -2.22. The summed E-state index contributed by atoms with van der Waals surface area (Å²) in [6.07, 6.45) is 0. The Morgan fingerprint density at radius 2 is 1.70 bits per heavy atom. The third-order valence-corrected chi connectivity index (χ3v) is 6.46. The number of likely N-dealkylation sites (N-methyl/N-ethyl adjacent to an activating group) is 2. The highest BCUT2D eigenvalue weighted by atomic mass is 35.5. The van der Waals surface area contributed by atoms with Gasteiger partial charge in [-0.2, -0.15) is 4.31 Å². The highest BCUT2D eigenvalue weighted by molar-refractivity contribution is 7.89. The third-order valence-electron chi connectivity index (χ3n) is 3.94. The van der Waals surface area contributed by atoms with Crippen LogP contribution in [-0.4, -0.2) is 51.3 Å². The summed E-state index contributed by atoms with van der Waals surface area (Å²) in [5.74, 6) is 0.368. The molecule has 0 radical (unpaired) electrons. The van der Waals surface area contributed by atoms with Crippen LogP contribution >= 0.6 is 23.2 Å². The Labute approximate surface area is 169 Å². The first kappa shape index (κ1) is 21.5. The van der Waals surface area contributed by atoms with Gasteiger partial charge < -0.3 is 9.64 Å². The molecule has 0 bridgehead atoms. The van der Waals surface area contributed by atoms with Crippen molar-refractivity contribution in [3.05, 3.63) is 58.1 Å². The fourth-order valence-corrected chi connectivity index (χ4v) is 4.19. The molecule has 9 heteroatoms. The molecule has 0 unspecified atom stereocenters. The van der Waals surface area contributed by atoms with Crippen molar-refractivity contribution < 1.29 is 17.9 Å². The maximum atomic E-state index is 12.7. The number of carbonyl (C=O) groups is 1. The summed E-state index contributed by atoms with van der Waals surface area (Å²) in [5, 5.41) is 0.291. The number of amides is 1. The molecule has 2 aromatic rings. The monoisotopic (exact) mass is 430 g/mol. The largest absolute Gasteiger partial charge is 0.497 e. The molecule has 0 saturated carbocycles. The van der Waals surface area contributed by atoms with E-state index in [2.05, 4.69) is 0 Å². The molecule has 0 fully saturated rings. The summed E-state index contributed by atoms with van der Waals surface area (Å²) < 4.78 is 31.4. The van der Waals surface area contributed by atoms with E-state index < -0.39 is 10.0 Å². The second-order valence-electron chi connectivity index (χ2n) is 5.93. The minimum absolute atomic E-state index is 0.0466. The minimum Gasteiger partial charge on any atom is -0.497 e. The standard InChI is InChI=1S/C18H20Cl2N2O4S/c1-21(11-13-4-7-15(26-3)8-5-13)18(23)12-22(2)27(24,25)17-10-14(19)6-9-16(17)20/h4-10H,11-12H2,1-3H3. The highest BCUT2D eigenvalue weighted by Gasteiger charge is 2.26. The number of methoxy groups -OCH3 is 1. The lowest BCUT2D eigenvalue weighted by atomic mass is 10.2. The average Bonchev–Trinajstić information content (AvgIpc) is 2.64. The van der Waals surface area contributed by atoms with Gasteiger partial charge in [0.2, 0.25) is 15.9 Å². The van der Waals surface area contributed by atoms with Gasteiger partial charge in [0.15, 0.2) is 0 Å². The van der Waals surface area contributed by atoms with E-state index in [4.69, 9.17) is 27.9 Å². The van der Waals surface area contributed by atoms with E-state index in [9.17, 15) is 13.2 Å². The van der Waals surface area contributed by atoms with Gasteiger partial charge >= 0.3 is 0 Å². The van der Waals surface area contributed by atoms with Crippen LogP contribution in [0.2, 0.25) is 10.0 Å². The van der Waals surface area contributed by atoms with Gasteiger partial charge in [0.1, 0.15) is 10.6 Å². The van der Waals surface area contributed by atoms with Gasteiger partial charge in [-0.05, 0) is 35.9 Å². The summed E-state index contributed by atoms with van der Waals surface area (Å²) in [4.78, 5) is 13.8. The number of nitrogens with zero attached hydrogens (tertiary/aromatic N) is 2. The van der Waals surface area contributed by atoms with Crippen LogP contribution in [0.15, 0.2) is 47.4 Å². The first-order valence-electron chi connectivity index (χ1n) is 7.93. The molecule has 0 N–H and O–H groups in total. The van der Waals surface area contributed by atoms with E-state index in [0.29, 0.717) is 6.54 Å². The molecule has 146 valence electrons. The van der Waals surface area contributed by atoms with Crippen molar-refractivity contribution >= 4 is 39.1 Å². The zero-order valence-corrected chi connectivity index (χ0v) is 17.5. The smallest absolute Gasteiger partial charge is 0.244 e. The van der Waals surface area contributed by atoms with E-state index in [1.54, 1.807) is 26.3 Å². The summed E-state index contributed by atoms with van der Waals surface area (Å²) in [6.45, 7) is 0.0203. The molecule has 6 nitrogen and oxygen atoms in total. The highest BCUT2D eigenvalue weighted by Crippen LogP contribution is 2.27. The van der Waals surface area contributed by atoms with Crippen LogP contribution in [0.3, 0.4) is 0 Å². The van der Waals surface area contributed by atoms with Crippen LogP contribution < -0.4 is 4.74 Å². The molecule has 0 aliphatic rings. The van der Waals surface area contributed by atoms with Crippen LogP contribution in [-0.2, 0) is 21.4 Å². The second kappa shape index (κ2) is 8.93. The van der Waals surface area contributed by atoms with E-state index in [1.165, 1.54) is 30.1 Å². The number of halogens is 2. The van der Waals surface area contributed by atoms with Gasteiger partial charge in [0.05, 0.1) is 18.7 Å². The average molecular weight is 431 g/mol. The minimum atomic E-state index is -3.95. The van der Waals surface area contributed by atoms with Crippen molar-refractivity contribution in [1.82, 2.24) is 9.21 Å². The van der Waals surface area contributed by atoms with Crippen LogP contribution in [0.25, 0.3) is 0 Å². The van der Waals surface area contributed by atoms with Crippen molar-refractivity contribution in [1.29, 1.82) is 0 Å². The first-order valence-corrected chi connectivity index (χ1v) is 10.1. The molecule has 1 amide bonds. The first-order chi connectivity index (χ1) is 12.6. The third kappa shape index (κ3) is 5.35. The lowest BCUT2D eigenvalue weighted by molar-refractivity contribution is -0.130. The van der Waals surface area contributed by atoms with E-state index in [-0.39, 0.29) is 27.4 Å². The number of hydrogen-bond acceptors (Lipinski definition) is 4. The Morgan fingerprint density at radius 1 is 1.07 bits per heavy atom. The second-order valence-corrected chi connectivity index (χ2v) is 8.79. The van der Waals surface area contributed by atoms with Gasteiger partial charge in [0.25, 0.3) is 0 Å². The van der Waals surface area contributed by atoms with E-state index in [0.717, 1.165) is 15.6 Å². The van der Waals surface area contributed by atoms with E-state index >= 15 is 0 Å². The van der Waals surface area contributed by atoms with Crippen LogP contribution in [0.5, 0.6) is 5.75 Å². The normalized spacial score (nSPS) is 11.5. The van der Waals surface area contributed by atoms with Crippen molar-refractivity contribution in [2.45, 2.75) is 11.4 Å². The summed E-state index contributed by atoms with van der Waals surface area (Å²) >= 11 is 11.9. The van der Waals surface area contributed by atoms with Gasteiger partial charge in [0, 0.05) is 25.7 Å². The molecule has 27 heavy (non-hydrogen) atoms. The predicted molar refractivity (Wildman–Crippen MR) is 106 cm³/mol. The summed E-state index contributed by atoms with van der Waals surface area (Å²) in [7, 11) is 0.562. The Kier molecular flexibility index (Phi) is 7.11. The fourth-order valence-electron chi connectivity index (χ4n) is 2.33. The Morgan fingerprint density at radius 3 is 2.30 bits per heavy atom. The zero-order chi connectivity index (χ0) is 20.2. The molecule has 2 aromatic carbocycles. The van der Waals surface area contributed by atoms with Crippen LogP contribution in [0, 0.1) is 0 Å².